The first-order valence-corrected chi connectivity index (χ1v) is 11.9. The van der Waals surface area contributed by atoms with Crippen LogP contribution in [-0.4, -0.2) is 36.2 Å². The Morgan fingerprint density at radius 1 is 0.917 bits per heavy atom. The molecule has 1 fully saturated rings. The van der Waals surface area contributed by atoms with E-state index in [9.17, 15) is 14.4 Å². The Kier molecular flexibility index (Phi) is 8.30. The van der Waals surface area contributed by atoms with Crippen LogP contribution in [0.1, 0.15) is 11.1 Å². The molecule has 0 radical (unpaired) electrons. The quantitative estimate of drug-likeness (QED) is 0.366. The number of alkyl carbamates (subject to hydrolysis) is 1. The number of carbonyl (C=O) groups excluding carboxylic acids is 3. The van der Waals surface area contributed by atoms with Gasteiger partial charge < -0.3 is 25.4 Å². The lowest BCUT2D eigenvalue weighted by molar-refractivity contribution is -0.143. The maximum absolute atomic E-state index is 13.2. The van der Waals surface area contributed by atoms with Crippen molar-refractivity contribution in [3.05, 3.63) is 100 Å². The molecule has 10 heteroatoms. The van der Waals surface area contributed by atoms with Crippen molar-refractivity contribution in [3.8, 4) is 5.75 Å². The fourth-order valence-electron chi connectivity index (χ4n) is 3.51. The molecule has 1 aliphatic rings. The number of hydrogen-bond acceptors (Lipinski definition) is 5. The highest BCUT2D eigenvalue weighted by Crippen LogP contribution is 2.23. The SMILES string of the molecule is O=C(N[C@@H](Cc1ccc(Cl)c(Cl)c1)C(=O)N[C@@H]1C(=O)N[C@H]1Oc1ccccc1)OCc1ccccc1. The highest BCUT2D eigenvalue weighted by Gasteiger charge is 2.43. The van der Waals surface area contributed by atoms with Gasteiger partial charge in [0.25, 0.3) is 5.91 Å². The number of rotatable bonds is 9. The van der Waals surface area contributed by atoms with Gasteiger partial charge in [0.2, 0.25) is 12.1 Å². The highest BCUT2D eigenvalue weighted by atomic mass is 35.5. The molecule has 3 atom stereocenters. The van der Waals surface area contributed by atoms with Crippen molar-refractivity contribution in [2.24, 2.45) is 0 Å². The number of carbonyl (C=O) groups is 3. The molecule has 36 heavy (non-hydrogen) atoms. The third-order valence-electron chi connectivity index (χ3n) is 5.42. The third-order valence-corrected chi connectivity index (χ3v) is 6.16. The first-order chi connectivity index (χ1) is 17.4. The van der Waals surface area contributed by atoms with Gasteiger partial charge in [-0.15, -0.1) is 0 Å². The van der Waals surface area contributed by atoms with E-state index >= 15 is 0 Å². The Hall–Kier alpha value is -3.75. The zero-order valence-corrected chi connectivity index (χ0v) is 20.5. The molecule has 1 heterocycles. The molecule has 1 saturated heterocycles. The van der Waals surface area contributed by atoms with Crippen molar-refractivity contribution in [1.29, 1.82) is 0 Å². The summed E-state index contributed by atoms with van der Waals surface area (Å²) in [7, 11) is 0. The number of benzene rings is 3. The Bertz CT molecular complexity index is 1230. The average Bonchev–Trinajstić information content (AvgIpc) is 2.88. The maximum Gasteiger partial charge on any atom is 0.408 e. The average molecular weight is 528 g/mol. The van der Waals surface area contributed by atoms with Gasteiger partial charge in [-0.25, -0.2) is 4.79 Å². The lowest BCUT2D eigenvalue weighted by Gasteiger charge is -2.37. The van der Waals surface area contributed by atoms with Gasteiger partial charge in [0.15, 0.2) is 6.04 Å². The summed E-state index contributed by atoms with van der Waals surface area (Å²) < 4.78 is 11.0. The van der Waals surface area contributed by atoms with Crippen LogP contribution >= 0.6 is 23.2 Å². The fraction of sp³-hybridized carbons (Fsp3) is 0.192. The minimum absolute atomic E-state index is 0.0335. The van der Waals surface area contributed by atoms with Crippen LogP contribution in [0.5, 0.6) is 5.75 Å². The van der Waals surface area contributed by atoms with Crippen LogP contribution < -0.4 is 20.7 Å². The van der Waals surface area contributed by atoms with Crippen molar-refractivity contribution < 1.29 is 23.9 Å². The predicted molar refractivity (Wildman–Crippen MR) is 135 cm³/mol. The van der Waals surface area contributed by atoms with E-state index in [-0.39, 0.29) is 13.0 Å². The molecule has 0 unspecified atom stereocenters. The molecule has 3 aromatic rings. The molecule has 3 amide bonds. The molecule has 0 spiro atoms. The van der Waals surface area contributed by atoms with Crippen LogP contribution in [-0.2, 0) is 27.4 Å². The zero-order chi connectivity index (χ0) is 25.5. The minimum atomic E-state index is -1.06. The van der Waals surface area contributed by atoms with Crippen LogP contribution in [0.3, 0.4) is 0 Å². The summed E-state index contributed by atoms with van der Waals surface area (Å²) in [6.45, 7) is 0.0335. The largest absolute Gasteiger partial charge is 0.468 e. The normalized spacial score (nSPS) is 17.2. The molecule has 0 aliphatic carbocycles. The standard InChI is InChI=1S/C26H23Cl2N3O5/c27-19-12-11-17(13-20(19)28)14-21(29-26(34)35-15-16-7-3-1-4-8-16)23(32)30-22-24(33)31-25(22)36-18-9-5-2-6-10-18/h1-13,21-22,25H,14-15H2,(H,29,34)(H,30,32)(H,31,33)/t21-,22+,25-/m0/s1. The van der Waals surface area contributed by atoms with Gasteiger partial charge in [0.1, 0.15) is 18.4 Å². The van der Waals surface area contributed by atoms with E-state index in [0.717, 1.165) is 5.56 Å². The molecule has 0 aromatic heterocycles. The monoisotopic (exact) mass is 527 g/mol. The van der Waals surface area contributed by atoms with Crippen LogP contribution in [0.15, 0.2) is 78.9 Å². The molecule has 3 aromatic carbocycles. The number of ether oxygens (including phenoxy) is 2. The topological polar surface area (TPSA) is 106 Å². The van der Waals surface area contributed by atoms with Crippen molar-refractivity contribution in [3.63, 3.8) is 0 Å². The van der Waals surface area contributed by atoms with E-state index < -0.39 is 36.2 Å². The number of β-lactam (4-membered cyclic amide) rings is 1. The first kappa shape index (κ1) is 25.3. The highest BCUT2D eigenvalue weighted by molar-refractivity contribution is 6.42. The Labute approximate surface area is 217 Å². The number of para-hydroxylation sites is 1. The van der Waals surface area contributed by atoms with Crippen molar-refractivity contribution >= 4 is 41.1 Å². The van der Waals surface area contributed by atoms with E-state index in [1.165, 1.54) is 0 Å². The van der Waals surface area contributed by atoms with Gasteiger partial charge in [-0.1, -0.05) is 77.8 Å². The van der Waals surface area contributed by atoms with Gasteiger partial charge >= 0.3 is 6.09 Å². The van der Waals surface area contributed by atoms with Crippen LogP contribution in [0, 0.1) is 0 Å². The summed E-state index contributed by atoms with van der Waals surface area (Å²) in [5, 5.41) is 8.52. The number of hydrogen-bond donors (Lipinski definition) is 3. The molecular weight excluding hydrogens is 505 g/mol. The minimum Gasteiger partial charge on any atom is -0.468 e. The second kappa shape index (κ2) is 11.8. The van der Waals surface area contributed by atoms with Gasteiger partial charge in [-0.05, 0) is 35.4 Å². The summed E-state index contributed by atoms with van der Waals surface area (Å²) in [6.07, 6.45) is -1.45. The Morgan fingerprint density at radius 3 is 2.28 bits per heavy atom. The molecule has 0 bridgehead atoms. The Balaban J connectivity index is 1.43. The van der Waals surface area contributed by atoms with Gasteiger partial charge in [0.05, 0.1) is 10.0 Å². The lowest BCUT2D eigenvalue weighted by Crippen LogP contribution is -2.72. The van der Waals surface area contributed by atoms with Crippen LogP contribution in [0.2, 0.25) is 10.0 Å². The second-order valence-electron chi connectivity index (χ2n) is 8.06. The summed E-state index contributed by atoms with van der Waals surface area (Å²) in [5.41, 5.74) is 1.45. The summed E-state index contributed by atoms with van der Waals surface area (Å²) in [4.78, 5) is 37.9. The van der Waals surface area contributed by atoms with E-state index in [1.807, 2.05) is 36.4 Å². The van der Waals surface area contributed by atoms with Gasteiger partial charge in [-0.3, -0.25) is 9.59 Å². The fourth-order valence-corrected chi connectivity index (χ4v) is 3.83. The first-order valence-electron chi connectivity index (χ1n) is 11.1. The van der Waals surface area contributed by atoms with Gasteiger partial charge in [-0.2, -0.15) is 0 Å². The lowest BCUT2D eigenvalue weighted by atomic mass is 10.0. The van der Waals surface area contributed by atoms with Crippen molar-refractivity contribution in [2.45, 2.75) is 31.3 Å². The van der Waals surface area contributed by atoms with Crippen LogP contribution in [0.4, 0.5) is 4.79 Å². The van der Waals surface area contributed by atoms with Crippen molar-refractivity contribution in [2.75, 3.05) is 0 Å². The molecule has 186 valence electrons. The molecule has 8 nitrogen and oxygen atoms in total. The van der Waals surface area contributed by atoms with E-state index in [2.05, 4.69) is 16.0 Å². The molecule has 3 N–H and O–H groups in total. The van der Waals surface area contributed by atoms with E-state index in [1.54, 1.807) is 42.5 Å². The third kappa shape index (κ3) is 6.68. The molecule has 1 aliphatic heterocycles. The van der Waals surface area contributed by atoms with Crippen molar-refractivity contribution in [1.82, 2.24) is 16.0 Å². The number of amides is 3. The van der Waals surface area contributed by atoms with E-state index in [0.29, 0.717) is 21.4 Å². The second-order valence-corrected chi connectivity index (χ2v) is 8.87. The van der Waals surface area contributed by atoms with E-state index in [4.69, 9.17) is 32.7 Å². The predicted octanol–water partition coefficient (Wildman–Crippen LogP) is 3.85. The zero-order valence-electron chi connectivity index (χ0n) is 18.9. The van der Waals surface area contributed by atoms with Gasteiger partial charge in [0, 0.05) is 6.42 Å². The molecule has 0 saturated carbocycles. The molecular formula is C26H23Cl2N3O5. The number of nitrogens with one attached hydrogen (secondary N) is 3. The maximum atomic E-state index is 13.2. The molecule has 4 rings (SSSR count). The summed E-state index contributed by atoms with van der Waals surface area (Å²) in [6, 6.07) is 21.0. The smallest absolute Gasteiger partial charge is 0.408 e. The Morgan fingerprint density at radius 2 is 1.61 bits per heavy atom. The van der Waals surface area contributed by atoms with Crippen LogP contribution in [0.25, 0.3) is 0 Å². The summed E-state index contributed by atoms with van der Waals surface area (Å²) >= 11 is 12.1. The number of halogens is 2. The summed E-state index contributed by atoms with van der Waals surface area (Å²) in [5.74, 6) is -0.444.